The van der Waals surface area contributed by atoms with Gasteiger partial charge in [0, 0.05) is 12.2 Å². The number of ether oxygens (including phenoxy) is 3. The second-order valence-electron chi connectivity index (χ2n) is 5.87. The molecule has 0 aliphatic rings. The molecule has 0 aliphatic carbocycles. The van der Waals surface area contributed by atoms with E-state index in [0.717, 1.165) is 17.0 Å². The Balaban J connectivity index is 1.88. The molecule has 0 atom stereocenters. The molecule has 0 fully saturated rings. The fourth-order valence-corrected chi connectivity index (χ4v) is 2.59. The van der Waals surface area contributed by atoms with Gasteiger partial charge >= 0.3 is 0 Å². The smallest absolute Gasteiger partial charge is 0.238 e. The van der Waals surface area contributed by atoms with Crippen molar-refractivity contribution in [1.29, 1.82) is 0 Å². The van der Waals surface area contributed by atoms with Gasteiger partial charge in [0.15, 0.2) is 11.5 Å². The lowest BCUT2D eigenvalue weighted by Crippen LogP contribution is -2.29. The van der Waals surface area contributed by atoms with Crippen molar-refractivity contribution in [2.45, 2.75) is 13.5 Å². The van der Waals surface area contributed by atoms with Crippen LogP contribution in [-0.2, 0) is 11.3 Å². The second-order valence-corrected chi connectivity index (χ2v) is 5.87. The van der Waals surface area contributed by atoms with Crippen LogP contribution in [-0.4, -0.2) is 45.2 Å². The number of benzene rings is 2. The molecule has 26 heavy (non-hydrogen) atoms. The van der Waals surface area contributed by atoms with E-state index in [1.165, 1.54) is 0 Å². The molecule has 0 unspecified atom stereocenters. The van der Waals surface area contributed by atoms with Gasteiger partial charge < -0.3 is 19.5 Å². The van der Waals surface area contributed by atoms with Crippen LogP contribution in [0.15, 0.2) is 42.5 Å². The Morgan fingerprint density at radius 2 is 1.73 bits per heavy atom. The van der Waals surface area contributed by atoms with Crippen molar-refractivity contribution in [3.05, 3.63) is 48.0 Å². The van der Waals surface area contributed by atoms with E-state index in [1.54, 1.807) is 14.2 Å². The summed E-state index contributed by atoms with van der Waals surface area (Å²) in [4.78, 5) is 14.2. The molecule has 6 nitrogen and oxygen atoms in total. The second kappa shape index (κ2) is 9.68. The van der Waals surface area contributed by atoms with Crippen LogP contribution in [0.5, 0.6) is 17.2 Å². The van der Waals surface area contributed by atoms with E-state index < -0.39 is 0 Å². The third-order valence-corrected chi connectivity index (χ3v) is 3.76. The summed E-state index contributed by atoms with van der Waals surface area (Å²) in [6.07, 6.45) is 0. The monoisotopic (exact) mass is 358 g/mol. The molecule has 0 aliphatic heterocycles. The first-order valence-corrected chi connectivity index (χ1v) is 8.47. The molecule has 0 aromatic heterocycles. The van der Waals surface area contributed by atoms with Gasteiger partial charge in [0.05, 0.1) is 27.4 Å². The predicted molar refractivity (Wildman–Crippen MR) is 102 cm³/mol. The lowest BCUT2D eigenvalue weighted by atomic mass is 10.2. The van der Waals surface area contributed by atoms with Crippen molar-refractivity contribution >= 4 is 11.6 Å². The van der Waals surface area contributed by atoms with Crippen molar-refractivity contribution in [2.75, 3.05) is 39.7 Å². The number of carbonyl (C=O) groups excluding carboxylic acids is 1. The fraction of sp³-hybridized carbons (Fsp3) is 0.350. The Labute approximate surface area is 154 Å². The summed E-state index contributed by atoms with van der Waals surface area (Å²) in [6, 6.07) is 13.1. The van der Waals surface area contributed by atoms with Crippen molar-refractivity contribution in [1.82, 2.24) is 4.90 Å². The van der Waals surface area contributed by atoms with Crippen LogP contribution >= 0.6 is 0 Å². The zero-order valence-electron chi connectivity index (χ0n) is 15.7. The Bertz CT molecular complexity index is 716. The van der Waals surface area contributed by atoms with Crippen molar-refractivity contribution in [3.8, 4) is 17.2 Å². The van der Waals surface area contributed by atoms with Gasteiger partial charge in [0.2, 0.25) is 5.91 Å². The first-order chi connectivity index (χ1) is 12.5. The number of anilines is 1. The molecule has 2 aromatic rings. The van der Waals surface area contributed by atoms with Crippen molar-refractivity contribution in [3.63, 3.8) is 0 Å². The quantitative estimate of drug-likeness (QED) is 0.746. The summed E-state index contributed by atoms with van der Waals surface area (Å²) in [7, 11) is 5.11. The zero-order valence-corrected chi connectivity index (χ0v) is 15.7. The SMILES string of the molecule is CCOc1ccc(NC(=O)CN(C)Cc2ccc(OC)c(OC)c2)cc1. The standard InChI is InChI=1S/C20H26N2O4/c1-5-26-17-9-7-16(8-10-17)21-20(23)14-22(2)13-15-6-11-18(24-3)19(12-15)25-4/h6-12H,5,13-14H2,1-4H3,(H,21,23). The third-order valence-electron chi connectivity index (χ3n) is 3.76. The highest BCUT2D eigenvalue weighted by atomic mass is 16.5. The van der Waals surface area contributed by atoms with Crippen LogP contribution in [0.4, 0.5) is 5.69 Å². The average molecular weight is 358 g/mol. The molecule has 2 rings (SSSR count). The van der Waals surface area contributed by atoms with Gasteiger partial charge in [0.25, 0.3) is 0 Å². The van der Waals surface area contributed by atoms with Gasteiger partial charge in [-0.15, -0.1) is 0 Å². The van der Waals surface area contributed by atoms with Gasteiger partial charge in [-0.25, -0.2) is 0 Å². The van der Waals surface area contributed by atoms with Gasteiger partial charge in [-0.2, -0.15) is 0 Å². The summed E-state index contributed by atoms with van der Waals surface area (Å²) >= 11 is 0. The summed E-state index contributed by atoms with van der Waals surface area (Å²) in [5.41, 5.74) is 1.79. The van der Waals surface area contributed by atoms with Crippen LogP contribution in [0.1, 0.15) is 12.5 Å². The lowest BCUT2D eigenvalue weighted by Gasteiger charge is -2.17. The van der Waals surface area contributed by atoms with E-state index in [1.807, 2.05) is 61.3 Å². The van der Waals surface area contributed by atoms with Gasteiger partial charge in [-0.1, -0.05) is 6.07 Å². The van der Waals surface area contributed by atoms with Crippen LogP contribution < -0.4 is 19.5 Å². The number of nitrogens with one attached hydrogen (secondary N) is 1. The topological polar surface area (TPSA) is 60.0 Å². The number of nitrogens with zero attached hydrogens (tertiary/aromatic N) is 1. The minimum Gasteiger partial charge on any atom is -0.494 e. The molecule has 0 spiro atoms. The highest BCUT2D eigenvalue weighted by Crippen LogP contribution is 2.27. The maximum absolute atomic E-state index is 12.2. The third kappa shape index (κ3) is 5.67. The molecular formula is C20H26N2O4. The maximum atomic E-state index is 12.2. The molecule has 0 saturated heterocycles. The number of amides is 1. The van der Waals surface area contributed by atoms with E-state index in [0.29, 0.717) is 24.7 Å². The Morgan fingerprint density at radius 3 is 2.35 bits per heavy atom. The average Bonchev–Trinajstić information content (AvgIpc) is 2.63. The molecule has 0 radical (unpaired) electrons. The summed E-state index contributed by atoms with van der Waals surface area (Å²) < 4.78 is 15.9. The van der Waals surface area contributed by atoms with E-state index in [2.05, 4.69) is 5.32 Å². The number of rotatable bonds is 9. The Kier molecular flexibility index (Phi) is 7.29. The highest BCUT2D eigenvalue weighted by Gasteiger charge is 2.10. The predicted octanol–water partition coefficient (Wildman–Crippen LogP) is 3.17. The normalized spacial score (nSPS) is 10.5. The van der Waals surface area contributed by atoms with Gasteiger partial charge in [-0.3, -0.25) is 9.69 Å². The Hall–Kier alpha value is -2.73. The molecule has 0 saturated carbocycles. The van der Waals surface area contributed by atoms with Crippen LogP contribution in [0, 0.1) is 0 Å². The number of methoxy groups -OCH3 is 2. The first-order valence-electron chi connectivity index (χ1n) is 8.47. The summed E-state index contributed by atoms with van der Waals surface area (Å²) in [6.45, 7) is 3.45. The van der Waals surface area contributed by atoms with E-state index in [9.17, 15) is 4.79 Å². The molecule has 6 heteroatoms. The minimum absolute atomic E-state index is 0.0721. The van der Waals surface area contributed by atoms with Crippen LogP contribution in [0.2, 0.25) is 0 Å². The molecular weight excluding hydrogens is 332 g/mol. The van der Waals surface area contributed by atoms with Gasteiger partial charge in [-0.05, 0) is 55.9 Å². The molecule has 0 heterocycles. The van der Waals surface area contributed by atoms with Crippen molar-refractivity contribution in [2.24, 2.45) is 0 Å². The summed E-state index contributed by atoms with van der Waals surface area (Å²) in [5.74, 6) is 2.08. The number of hydrogen-bond donors (Lipinski definition) is 1. The van der Waals surface area contributed by atoms with E-state index >= 15 is 0 Å². The van der Waals surface area contributed by atoms with E-state index in [4.69, 9.17) is 14.2 Å². The maximum Gasteiger partial charge on any atom is 0.238 e. The minimum atomic E-state index is -0.0721. The first kappa shape index (κ1) is 19.6. The molecule has 140 valence electrons. The van der Waals surface area contributed by atoms with Crippen molar-refractivity contribution < 1.29 is 19.0 Å². The van der Waals surface area contributed by atoms with Gasteiger partial charge in [0.1, 0.15) is 5.75 Å². The van der Waals surface area contributed by atoms with Crippen LogP contribution in [0.3, 0.4) is 0 Å². The zero-order chi connectivity index (χ0) is 18.9. The largest absolute Gasteiger partial charge is 0.494 e. The fourth-order valence-electron chi connectivity index (χ4n) is 2.59. The number of hydrogen-bond acceptors (Lipinski definition) is 5. The molecule has 1 amide bonds. The number of likely N-dealkylation sites (N-methyl/N-ethyl adjacent to an activating group) is 1. The Morgan fingerprint density at radius 1 is 1.04 bits per heavy atom. The summed E-state index contributed by atoms with van der Waals surface area (Å²) in [5, 5.41) is 2.89. The molecule has 1 N–H and O–H groups in total. The van der Waals surface area contributed by atoms with Crippen LogP contribution in [0.25, 0.3) is 0 Å². The number of carbonyl (C=O) groups is 1. The highest BCUT2D eigenvalue weighted by molar-refractivity contribution is 5.92. The molecule has 0 bridgehead atoms. The lowest BCUT2D eigenvalue weighted by molar-refractivity contribution is -0.117. The van der Waals surface area contributed by atoms with E-state index in [-0.39, 0.29) is 12.5 Å². The molecule has 2 aromatic carbocycles.